The second kappa shape index (κ2) is 13.6. The van der Waals surface area contributed by atoms with Crippen molar-refractivity contribution >= 4 is 42.8 Å². The second-order valence-electron chi connectivity index (χ2n) is 14.7. The van der Waals surface area contributed by atoms with Crippen LogP contribution in [0.15, 0.2) is 47.4 Å². The molecular weight excluding hydrogens is 669 g/mol. The fraction of sp³-hybridized carbons (Fsp3) is 0.600. The van der Waals surface area contributed by atoms with Crippen molar-refractivity contribution in [2.24, 2.45) is 23.2 Å². The Morgan fingerprint density at radius 1 is 1.20 bits per heavy atom. The molecule has 1 aromatic heterocycles. The van der Waals surface area contributed by atoms with Crippen LogP contribution >= 0.6 is 11.3 Å². The third-order valence-electron chi connectivity index (χ3n) is 10.7. The molecule has 1 amide bonds. The molecule has 1 saturated heterocycles. The van der Waals surface area contributed by atoms with Gasteiger partial charge in [0.05, 0.1) is 41.0 Å². The summed E-state index contributed by atoms with van der Waals surface area (Å²) >= 11 is 1.43. The average molecular weight is 715 g/mol. The minimum Gasteiger partial charge on any atom is -0.497 e. The molecule has 3 aromatic rings. The van der Waals surface area contributed by atoms with Crippen molar-refractivity contribution in [3.8, 4) is 5.75 Å². The minimum absolute atomic E-state index is 0.0320. The molecule has 7 rings (SSSR count). The highest BCUT2D eigenvalue weighted by molar-refractivity contribution is 7.89. The van der Waals surface area contributed by atoms with Crippen LogP contribution in [0.1, 0.15) is 51.5 Å². The van der Waals surface area contributed by atoms with Crippen LogP contribution in [-0.2, 0) is 25.9 Å². The molecule has 4 N–H and O–H groups in total. The van der Waals surface area contributed by atoms with Crippen molar-refractivity contribution in [1.82, 2.24) is 14.6 Å². The number of carbonyl (C=O) groups excluding carboxylic acids is 1. The van der Waals surface area contributed by atoms with Crippen LogP contribution in [0, 0.1) is 23.2 Å². The summed E-state index contributed by atoms with van der Waals surface area (Å²) in [6, 6.07) is 11.8. The van der Waals surface area contributed by atoms with Crippen LogP contribution in [-0.4, -0.2) is 91.4 Å². The summed E-state index contributed by atoms with van der Waals surface area (Å²) in [5, 5.41) is 29.1. The molecule has 14 heteroatoms. The number of aliphatic hydroxyl groups is 2. The summed E-state index contributed by atoms with van der Waals surface area (Å²) < 4.78 is 47.5. The van der Waals surface area contributed by atoms with Crippen LogP contribution in [0.4, 0.5) is 9.93 Å². The quantitative estimate of drug-likeness (QED) is 0.189. The first-order valence-electron chi connectivity index (χ1n) is 17.2. The maximum atomic E-state index is 14.3. The van der Waals surface area contributed by atoms with Gasteiger partial charge in [0.2, 0.25) is 10.0 Å². The lowest BCUT2D eigenvalue weighted by atomic mass is 9.96. The number of aromatic nitrogens is 1. The van der Waals surface area contributed by atoms with Gasteiger partial charge in [0.1, 0.15) is 11.9 Å². The number of nitrogens with zero attached hydrogens (tertiary/aromatic N) is 2. The molecule has 0 spiro atoms. The van der Waals surface area contributed by atoms with Gasteiger partial charge in [-0.2, -0.15) is 4.31 Å². The number of amides is 1. The van der Waals surface area contributed by atoms with E-state index in [1.165, 1.54) is 15.6 Å². The first-order valence-corrected chi connectivity index (χ1v) is 19.4. The van der Waals surface area contributed by atoms with Gasteiger partial charge >= 0.3 is 6.09 Å². The Morgan fingerprint density at radius 2 is 1.96 bits per heavy atom. The number of anilines is 1. The van der Waals surface area contributed by atoms with Gasteiger partial charge in [-0.05, 0) is 79.8 Å². The van der Waals surface area contributed by atoms with E-state index in [4.69, 9.17) is 14.2 Å². The Morgan fingerprint density at radius 3 is 2.63 bits per heavy atom. The fourth-order valence-electron chi connectivity index (χ4n) is 7.13. The van der Waals surface area contributed by atoms with Crippen LogP contribution in [0.2, 0.25) is 0 Å². The number of methoxy groups -OCH3 is 1. The first-order chi connectivity index (χ1) is 23.4. The lowest BCUT2D eigenvalue weighted by Gasteiger charge is -2.32. The molecule has 4 aliphatic rings. The van der Waals surface area contributed by atoms with E-state index >= 15 is 0 Å². The molecule has 1 aliphatic heterocycles. The number of alkyl carbamates (subject to hydrolysis) is 1. The lowest BCUT2D eigenvalue weighted by Crippen LogP contribution is -2.52. The summed E-state index contributed by atoms with van der Waals surface area (Å²) in [6.45, 7) is 4.31. The number of ether oxygens (including phenoxy) is 3. The number of thiazole rings is 1. The molecule has 2 aromatic carbocycles. The highest BCUT2D eigenvalue weighted by Gasteiger charge is 2.50. The van der Waals surface area contributed by atoms with E-state index in [-0.39, 0.29) is 47.6 Å². The number of fused-ring (bicyclic) bond motifs is 3. The van der Waals surface area contributed by atoms with E-state index < -0.39 is 40.7 Å². The maximum Gasteiger partial charge on any atom is 0.407 e. The highest BCUT2D eigenvalue weighted by Crippen LogP contribution is 2.47. The van der Waals surface area contributed by atoms with Gasteiger partial charge < -0.3 is 35.1 Å². The van der Waals surface area contributed by atoms with E-state index in [0.29, 0.717) is 24.8 Å². The van der Waals surface area contributed by atoms with Crippen molar-refractivity contribution in [2.75, 3.05) is 32.1 Å². The largest absolute Gasteiger partial charge is 0.497 e. The predicted molar refractivity (Wildman–Crippen MR) is 185 cm³/mol. The van der Waals surface area contributed by atoms with Crippen LogP contribution in [0.5, 0.6) is 5.75 Å². The van der Waals surface area contributed by atoms with Crippen molar-refractivity contribution in [3.63, 3.8) is 0 Å². The van der Waals surface area contributed by atoms with Crippen molar-refractivity contribution in [3.05, 3.63) is 48.0 Å². The summed E-state index contributed by atoms with van der Waals surface area (Å²) in [4.78, 5) is 18.2. The number of hydrogen-bond donors (Lipinski definition) is 4. The molecule has 3 aliphatic carbocycles. The Labute approximate surface area is 291 Å². The van der Waals surface area contributed by atoms with Crippen molar-refractivity contribution in [2.45, 2.75) is 87.8 Å². The monoisotopic (exact) mass is 714 g/mol. The molecule has 2 heterocycles. The van der Waals surface area contributed by atoms with Gasteiger partial charge in [-0.3, -0.25) is 0 Å². The Hall–Kier alpha value is -3.01. The number of carbonyl (C=O) groups is 1. The molecular formula is C35H46N4O8S2. The van der Waals surface area contributed by atoms with Gasteiger partial charge in [-0.1, -0.05) is 37.3 Å². The van der Waals surface area contributed by atoms with E-state index in [1.54, 1.807) is 37.4 Å². The number of sulfonamides is 1. The van der Waals surface area contributed by atoms with Crippen LogP contribution in [0.25, 0.3) is 10.2 Å². The van der Waals surface area contributed by atoms with Gasteiger partial charge in [0.25, 0.3) is 0 Å². The summed E-state index contributed by atoms with van der Waals surface area (Å²) in [5.41, 5.74) is 1.36. The number of rotatable bonds is 14. The number of aliphatic hydroxyl groups excluding tert-OH is 2. The van der Waals surface area contributed by atoms with E-state index in [1.807, 2.05) is 26.0 Å². The van der Waals surface area contributed by atoms with Gasteiger partial charge in [-0.25, -0.2) is 18.2 Å². The van der Waals surface area contributed by atoms with Gasteiger partial charge in [0, 0.05) is 36.9 Å². The van der Waals surface area contributed by atoms with Gasteiger partial charge in [-0.15, -0.1) is 0 Å². The third-order valence-corrected chi connectivity index (χ3v) is 13.4. The summed E-state index contributed by atoms with van der Waals surface area (Å²) in [5.74, 6) is 0.414. The smallest absolute Gasteiger partial charge is 0.407 e. The molecule has 49 heavy (non-hydrogen) atoms. The number of hydrogen-bond acceptors (Lipinski definition) is 11. The molecule has 5 unspecified atom stereocenters. The zero-order valence-electron chi connectivity index (χ0n) is 28.1. The molecule has 0 radical (unpaired) electrons. The molecule has 4 fully saturated rings. The Balaban J connectivity index is 1.12. The first kappa shape index (κ1) is 34.4. The third kappa shape index (κ3) is 7.69. The topological polar surface area (TPSA) is 160 Å². The summed E-state index contributed by atoms with van der Waals surface area (Å²) in [6.07, 6.45) is 1.62. The van der Waals surface area contributed by atoms with Crippen LogP contribution in [0.3, 0.4) is 0 Å². The van der Waals surface area contributed by atoms with E-state index in [0.717, 1.165) is 46.6 Å². The molecule has 7 atom stereocenters. The Kier molecular flexibility index (Phi) is 9.56. The van der Waals surface area contributed by atoms with Crippen molar-refractivity contribution < 1.29 is 37.6 Å². The highest BCUT2D eigenvalue weighted by atomic mass is 32.2. The number of nitrogens with one attached hydrogen (secondary N) is 2. The van der Waals surface area contributed by atoms with Crippen molar-refractivity contribution in [1.29, 1.82) is 0 Å². The molecule has 3 saturated carbocycles. The lowest BCUT2D eigenvalue weighted by molar-refractivity contribution is -0.163. The zero-order valence-corrected chi connectivity index (χ0v) is 29.7. The standard InChI is InChI=1S/C35H46N4O8S2/c1-20-26-15-22(18-46-32(26)41)31(20)47-34(42)38-28(14-21-4-8-24(45-3)9-5-21)29(40)17-39(19-35(2)12-13-35)49(43,44)25-10-11-27-30(16-25)48-33(37-27)36-23-6-7-23/h4-5,8-11,16,20,22-23,26,28-29,31-32,40-41H,6-7,12-15,17-19H2,1-3H3,(H,36,37)(H,38,42)/t20?,22?,26?,28-,29+,31?,32?/m0/s1. The fourth-order valence-corrected chi connectivity index (χ4v) is 9.82. The maximum absolute atomic E-state index is 14.3. The number of benzene rings is 2. The Bertz CT molecular complexity index is 1760. The van der Waals surface area contributed by atoms with E-state index in [9.17, 15) is 23.4 Å². The zero-order chi connectivity index (χ0) is 34.5. The second-order valence-corrected chi connectivity index (χ2v) is 17.6. The van der Waals surface area contributed by atoms with E-state index in [2.05, 4.69) is 15.6 Å². The van der Waals surface area contributed by atoms with Gasteiger partial charge in [0.15, 0.2) is 11.4 Å². The summed E-state index contributed by atoms with van der Waals surface area (Å²) in [7, 11) is -2.46. The molecule has 2 bridgehead atoms. The predicted octanol–water partition coefficient (Wildman–Crippen LogP) is 4.36. The average Bonchev–Trinajstić information content (AvgIpc) is 3.98. The molecule has 12 nitrogen and oxygen atoms in total. The van der Waals surface area contributed by atoms with Crippen LogP contribution < -0.4 is 15.4 Å². The minimum atomic E-state index is -4.03. The SMILES string of the molecule is COc1ccc(C[C@H](NC(=O)OC2C3COC(O)C(C3)C2C)[C@H](O)CN(CC2(C)CC2)S(=O)(=O)c2ccc3nc(NC4CC4)sc3c2)cc1. The molecule has 266 valence electrons. The normalized spacial score (nSPS) is 27.1.